The molecule has 1 aromatic carbocycles. The van der Waals surface area contributed by atoms with Gasteiger partial charge >= 0.3 is 0 Å². The summed E-state index contributed by atoms with van der Waals surface area (Å²) in [5.74, 6) is 0.568. The van der Waals surface area contributed by atoms with Crippen LogP contribution in [0.1, 0.15) is 18.5 Å². The van der Waals surface area contributed by atoms with Gasteiger partial charge in [-0.2, -0.15) is 0 Å². The summed E-state index contributed by atoms with van der Waals surface area (Å²) < 4.78 is 5.32. The van der Waals surface area contributed by atoms with Crippen molar-refractivity contribution in [1.29, 1.82) is 0 Å². The molecule has 0 fully saturated rings. The Hall–Kier alpha value is -0.770. The van der Waals surface area contributed by atoms with E-state index in [1.807, 2.05) is 19.1 Å². The summed E-state index contributed by atoms with van der Waals surface area (Å²) in [5, 5.41) is 9.17. The molecule has 1 aromatic rings. The van der Waals surface area contributed by atoms with Gasteiger partial charge in [0.2, 0.25) is 0 Å². The van der Waals surface area contributed by atoms with Gasteiger partial charge in [0.15, 0.2) is 0 Å². The Morgan fingerprint density at radius 1 is 1.57 bits per heavy atom. The zero-order chi connectivity index (χ0) is 10.6. The maximum atomic E-state index is 8.65. The third-order valence-electron chi connectivity index (χ3n) is 1.83. The van der Waals surface area contributed by atoms with Crippen LogP contribution >= 0.6 is 11.6 Å². The standard InChI is InChI=1S/C10H14ClNO2/c1-7(12)8-3-2-4-9(11)10(8)14-6-5-13/h2-4,7,13H,5-6,12H2,1H3. The van der Waals surface area contributed by atoms with E-state index in [4.69, 9.17) is 27.2 Å². The van der Waals surface area contributed by atoms with E-state index in [1.165, 1.54) is 0 Å². The van der Waals surface area contributed by atoms with E-state index < -0.39 is 0 Å². The van der Waals surface area contributed by atoms with Crippen LogP contribution in [-0.4, -0.2) is 18.3 Å². The summed E-state index contributed by atoms with van der Waals surface area (Å²) >= 11 is 5.95. The molecule has 3 nitrogen and oxygen atoms in total. The molecule has 1 unspecified atom stereocenters. The molecule has 0 amide bonds. The maximum absolute atomic E-state index is 8.65. The van der Waals surface area contributed by atoms with Crippen molar-refractivity contribution in [2.45, 2.75) is 13.0 Å². The number of nitrogens with two attached hydrogens (primary N) is 1. The van der Waals surface area contributed by atoms with Crippen molar-refractivity contribution in [2.24, 2.45) is 5.73 Å². The van der Waals surface area contributed by atoms with Gasteiger partial charge in [0, 0.05) is 11.6 Å². The summed E-state index contributed by atoms with van der Waals surface area (Å²) in [6.45, 7) is 2.05. The molecular formula is C10H14ClNO2. The normalized spacial score (nSPS) is 12.6. The van der Waals surface area contributed by atoms with Crippen molar-refractivity contribution in [2.75, 3.05) is 13.2 Å². The van der Waals surface area contributed by atoms with Crippen molar-refractivity contribution in [1.82, 2.24) is 0 Å². The fourth-order valence-electron chi connectivity index (χ4n) is 1.18. The van der Waals surface area contributed by atoms with Crippen LogP contribution in [0.2, 0.25) is 5.02 Å². The van der Waals surface area contributed by atoms with Crippen LogP contribution in [0, 0.1) is 0 Å². The summed E-state index contributed by atoms with van der Waals surface area (Å²) in [7, 11) is 0. The summed E-state index contributed by atoms with van der Waals surface area (Å²) in [4.78, 5) is 0. The lowest BCUT2D eigenvalue weighted by atomic mass is 10.1. The van der Waals surface area contributed by atoms with Gasteiger partial charge in [-0.05, 0) is 13.0 Å². The second-order valence-electron chi connectivity index (χ2n) is 3.02. The topological polar surface area (TPSA) is 55.5 Å². The van der Waals surface area contributed by atoms with E-state index in [2.05, 4.69) is 0 Å². The zero-order valence-corrected chi connectivity index (χ0v) is 8.79. The van der Waals surface area contributed by atoms with Crippen molar-refractivity contribution < 1.29 is 9.84 Å². The first kappa shape index (κ1) is 11.3. The minimum Gasteiger partial charge on any atom is -0.489 e. The van der Waals surface area contributed by atoms with E-state index in [-0.39, 0.29) is 19.3 Å². The van der Waals surface area contributed by atoms with Gasteiger partial charge in [0.1, 0.15) is 12.4 Å². The lowest BCUT2D eigenvalue weighted by molar-refractivity contribution is 0.200. The Kier molecular flexibility index (Phi) is 4.20. The van der Waals surface area contributed by atoms with Gasteiger partial charge in [0.25, 0.3) is 0 Å². The van der Waals surface area contributed by atoms with Crippen LogP contribution in [0.3, 0.4) is 0 Å². The first-order valence-electron chi connectivity index (χ1n) is 4.44. The smallest absolute Gasteiger partial charge is 0.142 e. The second kappa shape index (κ2) is 5.20. The number of halogens is 1. The number of rotatable bonds is 4. The number of aliphatic hydroxyl groups excluding tert-OH is 1. The predicted octanol–water partition coefficient (Wildman–Crippen LogP) is 1.73. The van der Waals surface area contributed by atoms with Gasteiger partial charge in [-0.25, -0.2) is 0 Å². The average molecular weight is 216 g/mol. The fraction of sp³-hybridized carbons (Fsp3) is 0.400. The molecule has 3 N–H and O–H groups in total. The predicted molar refractivity (Wildman–Crippen MR) is 56.6 cm³/mol. The molecule has 0 saturated carbocycles. The van der Waals surface area contributed by atoms with Crippen LogP contribution in [0.15, 0.2) is 18.2 Å². The minimum atomic E-state index is -0.137. The molecular weight excluding hydrogens is 202 g/mol. The highest BCUT2D eigenvalue weighted by molar-refractivity contribution is 6.32. The third-order valence-corrected chi connectivity index (χ3v) is 2.12. The molecule has 0 radical (unpaired) electrons. The lowest BCUT2D eigenvalue weighted by Crippen LogP contribution is -2.10. The van der Waals surface area contributed by atoms with Crippen LogP contribution in [0.25, 0.3) is 0 Å². The first-order chi connectivity index (χ1) is 6.66. The Labute approximate surface area is 88.4 Å². The van der Waals surface area contributed by atoms with E-state index in [0.29, 0.717) is 10.8 Å². The molecule has 0 aliphatic carbocycles. The zero-order valence-electron chi connectivity index (χ0n) is 8.03. The van der Waals surface area contributed by atoms with Crippen molar-refractivity contribution in [3.05, 3.63) is 28.8 Å². The van der Waals surface area contributed by atoms with Crippen LogP contribution in [-0.2, 0) is 0 Å². The van der Waals surface area contributed by atoms with E-state index >= 15 is 0 Å². The van der Waals surface area contributed by atoms with Crippen LogP contribution in [0.5, 0.6) is 5.75 Å². The van der Waals surface area contributed by atoms with Gasteiger partial charge in [-0.1, -0.05) is 23.7 Å². The highest BCUT2D eigenvalue weighted by atomic mass is 35.5. The largest absolute Gasteiger partial charge is 0.489 e. The van der Waals surface area contributed by atoms with Crippen molar-refractivity contribution in [3.63, 3.8) is 0 Å². The Morgan fingerprint density at radius 2 is 2.29 bits per heavy atom. The number of benzene rings is 1. The number of hydrogen-bond acceptors (Lipinski definition) is 3. The third kappa shape index (κ3) is 2.61. The molecule has 1 atom stereocenters. The van der Waals surface area contributed by atoms with E-state index in [1.54, 1.807) is 6.07 Å². The van der Waals surface area contributed by atoms with Crippen molar-refractivity contribution >= 4 is 11.6 Å². The highest BCUT2D eigenvalue weighted by Crippen LogP contribution is 2.31. The summed E-state index contributed by atoms with van der Waals surface area (Å²) in [6, 6.07) is 5.29. The molecule has 0 heterocycles. The molecule has 0 aliphatic heterocycles. The number of hydrogen-bond donors (Lipinski definition) is 2. The Balaban J connectivity index is 2.96. The van der Waals surface area contributed by atoms with Gasteiger partial charge in [-0.3, -0.25) is 0 Å². The number of para-hydroxylation sites is 1. The molecule has 14 heavy (non-hydrogen) atoms. The molecule has 78 valence electrons. The number of aliphatic hydroxyl groups is 1. The first-order valence-corrected chi connectivity index (χ1v) is 4.82. The number of ether oxygens (including phenoxy) is 1. The SMILES string of the molecule is CC(N)c1cccc(Cl)c1OCCO. The Morgan fingerprint density at radius 3 is 2.86 bits per heavy atom. The molecule has 4 heteroatoms. The van der Waals surface area contributed by atoms with Crippen LogP contribution < -0.4 is 10.5 Å². The Bertz CT molecular complexity index is 302. The molecule has 0 spiro atoms. The van der Waals surface area contributed by atoms with E-state index in [0.717, 1.165) is 5.56 Å². The molecule has 0 aromatic heterocycles. The van der Waals surface area contributed by atoms with Gasteiger partial charge in [0.05, 0.1) is 11.6 Å². The monoisotopic (exact) mass is 215 g/mol. The van der Waals surface area contributed by atoms with Crippen LogP contribution in [0.4, 0.5) is 0 Å². The average Bonchev–Trinajstić information content (AvgIpc) is 2.15. The maximum Gasteiger partial charge on any atom is 0.142 e. The fourth-order valence-corrected chi connectivity index (χ4v) is 1.42. The van der Waals surface area contributed by atoms with E-state index in [9.17, 15) is 0 Å². The molecule has 1 rings (SSSR count). The van der Waals surface area contributed by atoms with Gasteiger partial charge < -0.3 is 15.6 Å². The molecule has 0 bridgehead atoms. The van der Waals surface area contributed by atoms with Crippen molar-refractivity contribution in [3.8, 4) is 5.75 Å². The molecule has 0 aliphatic rings. The quantitative estimate of drug-likeness (QED) is 0.805. The second-order valence-corrected chi connectivity index (χ2v) is 3.43. The summed E-state index contributed by atoms with van der Waals surface area (Å²) in [5.41, 5.74) is 6.61. The minimum absolute atomic E-state index is 0.0381. The van der Waals surface area contributed by atoms with Gasteiger partial charge in [-0.15, -0.1) is 0 Å². The highest BCUT2D eigenvalue weighted by Gasteiger charge is 2.11. The summed E-state index contributed by atoms with van der Waals surface area (Å²) in [6.07, 6.45) is 0. The molecule has 0 saturated heterocycles. The lowest BCUT2D eigenvalue weighted by Gasteiger charge is -2.14.